The summed E-state index contributed by atoms with van der Waals surface area (Å²) in [5.41, 5.74) is 0.928. The predicted molar refractivity (Wildman–Crippen MR) is 121 cm³/mol. The van der Waals surface area contributed by atoms with Gasteiger partial charge in [-0.05, 0) is 18.6 Å². The number of halogens is 1. The quantitative estimate of drug-likeness (QED) is 0.210. The first-order valence-corrected chi connectivity index (χ1v) is 14.6. The third-order valence-corrected chi connectivity index (χ3v) is 9.98. The van der Waals surface area contributed by atoms with Crippen molar-refractivity contribution < 1.29 is 43.3 Å². The second kappa shape index (κ2) is 8.67. The van der Waals surface area contributed by atoms with E-state index in [1.807, 2.05) is 0 Å². The van der Waals surface area contributed by atoms with Crippen LogP contribution in [0.4, 0.5) is 5.82 Å². The molecule has 2 unspecified atom stereocenters. The summed E-state index contributed by atoms with van der Waals surface area (Å²) in [6, 6.07) is 0. The van der Waals surface area contributed by atoms with Crippen LogP contribution in [0.1, 0.15) is 6.23 Å². The molecule has 5 N–H and O–H groups in total. The minimum Gasteiger partial charge on any atom is -0.387 e. The molecule has 18 heteroatoms. The molecule has 3 aliphatic heterocycles. The van der Waals surface area contributed by atoms with Gasteiger partial charge in [0.05, 0.1) is 12.9 Å². The number of aliphatic hydroxyl groups excluding tert-OH is 2. The van der Waals surface area contributed by atoms with Crippen molar-refractivity contribution in [2.24, 2.45) is 5.41 Å². The summed E-state index contributed by atoms with van der Waals surface area (Å²) >= 11 is 6.18. The lowest BCUT2D eigenvalue weighted by molar-refractivity contribution is -0.0483. The number of aromatic nitrogens is 4. The van der Waals surface area contributed by atoms with Crippen LogP contribution in [0.15, 0.2) is 6.33 Å². The van der Waals surface area contributed by atoms with Gasteiger partial charge in [0.2, 0.25) is 5.28 Å². The fourth-order valence-electron chi connectivity index (χ4n) is 5.05. The maximum absolute atomic E-state index is 11.9. The van der Waals surface area contributed by atoms with Crippen molar-refractivity contribution in [1.82, 2.24) is 24.4 Å². The van der Waals surface area contributed by atoms with Crippen LogP contribution in [0.25, 0.3) is 11.2 Å². The van der Waals surface area contributed by atoms with Crippen LogP contribution >= 0.6 is 26.8 Å². The molecular weight excluding hydrogens is 530 g/mol. The smallest absolute Gasteiger partial charge is 0.340 e. The van der Waals surface area contributed by atoms with Gasteiger partial charge in [-0.1, -0.05) is 0 Å². The highest BCUT2D eigenvalue weighted by Gasteiger charge is 2.51. The summed E-state index contributed by atoms with van der Waals surface area (Å²) in [4.78, 5) is 44.7. The van der Waals surface area contributed by atoms with E-state index in [1.54, 1.807) is 0 Å². The number of fused-ring (bicyclic) bond motifs is 1. The van der Waals surface area contributed by atoms with E-state index in [-0.39, 0.29) is 16.3 Å². The first-order chi connectivity index (χ1) is 16.3. The molecule has 3 saturated heterocycles. The molecule has 3 aliphatic rings. The Morgan fingerprint density at radius 2 is 1.86 bits per heavy atom. The van der Waals surface area contributed by atoms with Gasteiger partial charge >= 0.3 is 15.2 Å². The van der Waals surface area contributed by atoms with Crippen LogP contribution in [0.5, 0.6) is 0 Å². The highest BCUT2D eigenvalue weighted by atomic mass is 35.5. The van der Waals surface area contributed by atoms with Crippen molar-refractivity contribution in [3.63, 3.8) is 0 Å². The Balaban J connectivity index is 1.33. The molecular formula is C17H25ClN6O9P2. The molecule has 3 fully saturated rings. The zero-order chi connectivity index (χ0) is 25.3. The lowest BCUT2D eigenvalue weighted by Gasteiger charge is -2.59. The molecule has 2 aromatic rings. The van der Waals surface area contributed by atoms with E-state index >= 15 is 0 Å². The van der Waals surface area contributed by atoms with E-state index in [9.17, 15) is 24.2 Å². The van der Waals surface area contributed by atoms with E-state index in [1.165, 1.54) is 10.9 Å². The molecule has 0 aromatic carbocycles. The van der Waals surface area contributed by atoms with Crippen LogP contribution in [-0.4, -0.2) is 113 Å². The average Bonchev–Trinajstić information content (AvgIpc) is 3.21. The standard InChI is InChI=1S/C17H25ClN6O9P2/c1-22-3-17(4-22)5-23(6-17)13-10-14(21-16(18)20-13)24(7-19-10)15-12(26)11(25)9(33-15)2-32-35(30,31)8-34(27,28)29/h7,9,11-12,15,25-26H,2-6,8H2,1H3,(H,30,31)(H2,27,28,29)/t9-,11+,12?,15-/m1/s1. The van der Waals surface area contributed by atoms with Crippen molar-refractivity contribution in [1.29, 1.82) is 0 Å². The number of hydrogen-bond acceptors (Lipinski definition) is 11. The van der Waals surface area contributed by atoms with Gasteiger partial charge < -0.3 is 44.0 Å². The van der Waals surface area contributed by atoms with Crippen molar-refractivity contribution in [3.8, 4) is 0 Å². The molecule has 15 nitrogen and oxygen atoms in total. The zero-order valence-corrected chi connectivity index (χ0v) is 21.0. The molecule has 0 aliphatic carbocycles. The first-order valence-electron chi connectivity index (χ1n) is 10.6. The SMILES string of the molecule is CN1CC2(C1)CN(c1nc(Cl)nc3c1ncn3[C@@H]1O[C@H](COP(=O)(O)CP(=O)(O)O)[C@H](O)C1O)C2. The monoisotopic (exact) mass is 554 g/mol. The van der Waals surface area contributed by atoms with Gasteiger partial charge in [-0.2, -0.15) is 9.97 Å². The topological polar surface area (TPSA) is 204 Å². The highest BCUT2D eigenvalue weighted by molar-refractivity contribution is 7.70. The van der Waals surface area contributed by atoms with Crippen LogP contribution in [0.3, 0.4) is 0 Å². The third kappa shape index (κ3) is 4.88. The van der Waals surface area contributed by atoms with Gasteiger partial charge in [-0.25, -0.2) is 4.98 Å². The lowest BCUT2D eigenvalue weighted by atomic mass is 9.73. The Morgan fingerprint density at radius 3 is 2.49 bits per heavy atom. The molecule has 0 bridgehead atoms. The number of anilines is 1. The maximum atomic E-state index is 11.9. The van der Waals surface area contributed by atoms with Gasteiger partial charge in [-0.3, -0.25) is 13.7 Å². The van der Waals surface area contributed by atoms with Crippen LogP contribution in [0, 0.1) is 5.41 Å². The molecule has 2 aromatic heterocycles. The predicted octanol–water partition coefficient (Wildman–Crippen LogP) is -0.812. The normalized spacial score (nSPS) is 30.4. The first kappa shape index (κ1) is 25.4. The summed E-state index contributed by atoms with van der Waals surface area (Å²) in [5.74, 6) is -0.835. The number of imidazole rings is 1. The molecule has 0 saturated carbocycles. The molecule has 5 heterocycles. The summed E-state index contributed by atoms with van der Waals surface area (Å²) in [7, 11) is -7.42. The molecule has 5 rings (SSSR count). The van der Waals surface area contributed by atoms with E-state index in [0.717, 1.165) is 26.2 Å². The maximum Gasteiger partial charge on any atom is 0.340 e. The van der Waals surface area contributed by atoms with E-state index in [0.29, 0.717) is 11.3 Å². The zero-order valence-electron chi connectivity index (χ0n) is 18.5. The molecule has 35 heavy (non-hydrogen) atoms. The van der Waals surface area contributed by atoms with Crippen molar-refractivity contribution in [2.75, 3.05) is 50.6 Å². The minimum absolute atomic E-state index is 0.0347. The number of aliphatic hydroxyl groups is 2. The van der Waals surface area contributed by atoms with Crippen molar-refractivity contribution >= 4 is 43.8 Å². The molecule has 1 spiro atoms. The Morgan fingerprint density at radius 1 is 1.17 bits per heavy atom. The summed E-state index contributed by atoms with van der Waals surface area (Å²) in [6.45, 7) is 2.89. The lowest BCUT2D eigenvalue weighted by Crippen LogP contribution is -2.71. The van der Waals surface area contributed by atoms with Gasteiger partial charge in [0.15, 0.2) is 29.1 Å². The van der Waals surface area contributed by atoms with Gasteiger partial charge in [0.25, 0.3) is 0 Å². The largest absolute Gasteiger partial charge is 0.387 e. The Hall–Kier alpha value is -1.22. The van der Waals surface area contributed by atoms with Crippen molar-refractivity contribution in [3.05, 3.63) is 11.6 Å². The average molecular weight is 555 g/mol. The van der Waals surface area contributed by atoms with Crippen LogP contribution < -0.4 is 4.90 Å². The van der Waals surface area contributed by atoms with Crippen molar-refractivity contribution in [2.45, 2.75) is 24.5 Å². The van der Waals surface area contributed by atoms with Crippen LogP contribution in [0.2, 0.25) is 5.28 Å². The molecule has 0 amide bonds. The number of likely N-dealkylation sites (tertiary alicyclic amines) is 1. The van der Waals surface area contributed by atoms with E-state index in [2.05, 4.69) is 31.8 Å². The molecule has 194 valence electrons. The minimum atomic E-state index is -4.82. The third-order valence-electron chi connectivity index (χ3n) is 6.35. The van der Waals surface area contributed by atoms with Gasteiger partial charge in [0, 0.05) is 31.6 Å². The summed E-state index contributed by atoms with van der Waals surface area (Å²) in [5, 5.41) is 21.0. The summed E-state index contributed by atoms with van der Waals surface area (Å²) < 4.78 is 34.7. The van der Waals surface area contributed by atoms with E-state index < -0.39 is 52.2 Å². The number of nitrogens with zero attached hydrogens (tertiary/aromatic N) is 6. The van der Waals surface area contributed by atoms with E-state index in [4.69, 9.17) is 30.6 Å². The number of ether oxygens (including phenoxy) is 1. The second-order valence-corrected chi connectivity index (χ2v) is 13.8. The molecule has 0 radical (unpaired) electrons. The fourth-order valence-corrected chi connectivity index (χ4v) is 7.78. The Kier molecular flexibility index (Phi) is 6.30. The number of hydrogen-bond donors (Lipinski definition) is 5. The Bertz CT molecular complexity index is 1230. The van der Waals surface area contributed by atoms with Gasteiger partial charge in [-0.15, -0.1) is 0 Å². The second-order valence-electron chi connectivity index (χ2n) is 9.45. The fraction of sp³-hybridized carbons (Fsp3) is 0.706. The summed E-state index contributed by atoms with van der Waals surface area (Å²) in [6.07, 6.45) is -4.12. The van der Waals surface area contributed by atoms with Gasteiger partial charge in [0.1, 0.15) is 18.3 Å². The highest BCUT2D eigenvalue weighted by Crippen LogP contribution is 2.55. The number of rotatable bonds is 7. The van der Waals surface area contributed by atoms with Crippen LogP contribution in [-0.2, 0) is 18.4 Å². The Labute approximate surface area is 204 Å². The molecule has 5 atom stereocenters.